The van der Waals surface area contributed by atoms with Crippen LogP contribution >= 0.6 is 0 Å². The van der Waals surface area contributed by atoms with Crippen LogP contribution in [0.4, 0.5) is 0 Å². The molecule has 25 heavy (non-hydrogen) atoms. The molecule has 134 valence electrons. The van der Waals surface area contributed by atoms with E-state index in [1.54, 1.807) is 11.1 Å². The Morgan fingerprint density at radius 3 is 2.52 bits per heavy atom. The van der Waals surface area contributed by atoms with E-state index in [1.165, 1.54) is 0 Å². The molecule has 5 heteroatoms. The van der Waals surface area contributed by atoms with Crippen LogP contribution in [-0.2, 0) is 11.3 Å². The molecule has 0 aliphatic carbocycles. The Labute approximate surface area is 151 Å². The number of piperidine rings is 1. The fourth-order valence-electron chi connectivity index (χ4n) is 3.12. The SMILES string of the molecule is CCN(/C=C(/C#N)C(=O)N(C)C1CCN(C)CC1)Cc1ccccc1. The van der Waals surface area contributed by atoms with Crippen molar-refractivity contribution in [3.8, 4) is 6.07 Å². The molecule has 0 radical (unpaired) electrons. The highest BCUT2D eigenvalue weighted by atomic mass is 16.2. The van der Waals surface area contributed by atoms with Crippen LogP contribution in [0.5, 0.6) is 0 Å². The third kappa shape index (κ3) is 5.33. The van der Waals surface area contributed by atoms with Gasteiger partial charge in [-0.3, -0.25) is 4.79 Å². The third-order valence-electron chi connectivity index (χ3n) is 4.85. The largest absolute Gasteiger partial charge is 0.372 e. The molecule has 0 N–H and O–H groups in total. The summed E-state index contributed by atoms with van der Waals surface area (Å²) in [6, 6.07) is 12.4. The topological polar surface area (TPSA) is 50.6 Å². The summed E-state index contributed by atoms with van der Waals surface area (Å²) in [7, 11) is 3.92. The van der Waals surface area contributed by atoms with Gasteiger partial charge in [-0.25, -0.2) is 0 Å². The van der Waals surface area contributed by atoms with E-state index in [9.17, 15) is 10.1 Å². The number of likely N-dealkylation sites (tertiary alicyclic amines) is 1. The maximum Gasteiger partial charge on any atom is 0.265 e. The number of likely N-dealkylation sites (N-methyl/N-ethyl adjacent to an activating group) is 1. The molecule has 1 amide bonds. The van der Waals surface area contributed by atoms with Crippen LogP contribution in [0.3, 0.4) is 0 Å². The molecule has 0 saturated carbocycles. The lowest BCUT2D eigenvalue weighted by molar-refractivity contribution is -0.128. The fourth-order valence-corrected chi connectivity index (χ4v) is 3.12. The zero-order chi connectivity index (χ0) is 18.2. The highest BCUT2D eigenvalue weighted by molar-refractivity contribution is 5.97. The first-order chi connectivity index (χ1) is 12.0. The Balaban J connectivity index is 2.06. The number of amides is 1. The van der Waals surface area contributed by atoms with Crippen LogP contribution in [0.2, 0.25) is 0 Å². The predicted molar refractivity (Wildman–Crippen MR) is 99.5 cm³/mol. The average molecular weight is 340 g/mol. The molecule has 0 aromatic heterocycles. The van der Waals surface area contributed by atoms with Gasteiger partial charge in [0, 0.05) is 32.4 Å². The lowest BCUT2D eigenvalue weighted by Crippen LogP contribution is -2.45. The standard InChI is InChI=1S/C20H28N4O/c1-4-24(15-17-8-6-5-7-9-17)16-18(14-21)20(25)23(3)19-10-12-22(2)13-11-19/h5-9,16,19H,4,10-13,15H2,1-3H3/b18-16-. The fraction of sp³-hybridized carbons (Fsp3) is 0.500. The minimum atomic E-state index is -0.177. The predicted octanol–water partition coefficient (Wildman–Crippen LogP) is 2.47. The highest BCUT2D eigenvalue weighted by Crippen LogP contribution is 2.17. The van der Waals surface area contributed by atoms with Crippen molar-refractivity contribution in [2.24, 2.45) is 0 Å². The molecule has 1 aromatic carbocycles. The summed E-state index contributed by atoms with van der Waals surface area (Å²) in [5.41, 5.74) is 1.37. The van der Waals surface area contributed by atoms with Gasteiger partial charge in [-0.2, -0.15) is 5.26 Å². The number of rotatable bonds is 6. The quantitative estimate of drug-likeness (QED) is 0.590. The van der Waals surface area contributed by atoms with E-state index < -0.39 is 0 Å². The van der Waals surface area contributed by atoms with Gasteiger partial charge >= 0.3 is 0 Å². The smallest absolute Gasteiger partial charge is 0.265 e. The molecule has 5 nitrogen and oxygen atoms in total. The first-order valence-corrected chi connectivity index (χ1v) is 8.90. The van der Waals surface area contributed by atoms with Crippen molar-refractivity contribution in [3.05, 3.63) is 47.7 Å². The molecule has 0 atom stereocenters. The molecular formula is C20H28N4O. The summed E-state index contributed by atoms with van der Waals surface area (Å²) in [5.74, 6) is -0.177. The highest BCUT2D eigenvalue weighted by Gasteiger charge is 2.26. The normalized spacial score (nSPS) is 16.3. The van der Waals surface area contributed by atoms with Crippen molar-refractivity contribution in [1.82, 2.24) is 14.7 Å². The molecule has 0 spiro atoms. The van der Waals surface area contributed by atoms with Gasteiger partial charge in [0.15, 0.2) is 0 Å². The number of nitriles is 1. The third-order valence-corrected chi connectivity index (χ3v) is 4.85. The van der Waals surface area contributed by atoms with Crippen LogP contribution in [0.25, 0.3) is 0 Å². The summed E-state index contributed by atoms with van der Waals surface area (Å²) in [6.45, 7) is 5.44. The monoisotopic (exact) mass is 340 g/mol. The summed E-state index contributed by atoms with van der Waals surface area (Å²) in [6.07, 6.45) is 3.62. The lowest BCUT2D eigenvalue weighted by atomic mass is 10.0. The van der Waals surface area contributed by atoms with Crippen LogP contribution in [0.15, 0.2) is 42.1 Å². The summed E-state index contributed by atoms with van der Waals surface area (Å²) >= 11 is 0. The molecule has 1 aliphatic rings. The van der Waals surface area contributed by atoms with E-state index in [0.29, 0.717) is 6.54 Å². The van der Waals surface area contributed by atoms with Crippen molar-refractivity contribution in [3.63, 3.8) is 0 Å². The van der Waals surface area contributed by atoms with Crippen molar-refractivity contribution < 1.29 is 4.79 Å². The Morgan fingerprint density at radius 1 is 1.32 bits per heavy atom. The Bertz CT molecular complexity index is 627. The first kappa shape index (κ1) is 19.0. The Kier molecular flexibility index (Phi) is 7.03. The molecular weight excluding hydrogens is 312 g/mol. The van der Waals surface area contributed by atoms with Crippen LogP contribution in [-0.4, -0.2) is 60.4 Å². The Morgan fingerprint density at radius 2 is 1.96 bits per heavy atom. The van der Waals surface area contributed by atoms with E-state index in [1.807, 2.05) is 37.1 Å². The number of nitrogens with zero attached hydrogens (tertiary/aromatic N) is 4. The molecule has 0 unspecified atom stereocenters. The van der Waals surface area contributed by atoms with E-state index in [2.05, 4.69) is 30.1 Å². The molecule has 1 aliphatic heterocycles. The molecule has 1 heterocycles. The van der Waals surface area contributed by atoms with Gasteiger partial charge in [0.2, 0.25) is 0 Å². The van der Waals surface area contributed by atoms with E-state index in [4.69, 9.17) is 0 Å². The number of carbonyl (C=O) groups is 1. The second kappa shape index (κ2) is 9.24. The van der Waals surface area contributed by atoms with Crippen molar-refractivity contribution >= 4 is 5.91 Å². The zero-order valence-electron chi connectivity index (χ0n) is 15.5. The van der Waals surface area contributed by atoms with Gasteiger partial charge in [-0.15, -0.1) is 0 Å². The average Bonchev–Trinajstić information content (AvgIpc) is 2.65. The van der Waals surface area contributed by atoms with Crippen LogP contribution in [0, 0.1) is 11.3 Å². The summed E-state index contributed by atoms with van der Waals surface area (Å²) in [4.78, 5) is 18.8. The first-order valence-electron chi connectivity index (χ1n) is 8.90. The van der Waals surface area contributed by atoms with Gasteiger partial charge < -0.3 is 14.7 Å². The number of carbonyl (C=O) groups excluding carboxylic acids is 1. The molecule has 1 fully saturated rings. The lowest BCUT2D eigenvalue weighted by Gasteiger charge is -2.35. The van der Waals surface area contributed by atoms with Gasteiger partial charge in [-0.1, -0.05) is 30.3 Å². The maximum atomic E-state index is 12.8. The zero-order valence-corrected chi connectivity index (χ0v) is 15.5. The van der Waals surface area contributed by atoms with Gasteiger partial charge in [0.1, 0.15) is 11.6 Å². The molecule has 1 saturated heterocycles. The minimum absolute atomic E-state index is 0.177. The maximum absolute atomic E-state index is 12.8. The second-order valence-corrected chi connectivity index (χ2v) is 6.65. The van der Waals surface area contributed by atoms with E-state index in [0.717, 1.165) is 38.0 Å². The number of hydrogen-bond donors (Lipinski definition) is 0. The second-order valence-electron chi connectivity index (χ2n) is 6.65. The van der Waals surface area contributed by atoms with Crippen molar-refractivity contribution in [2.75, 3.05) is 33.7 Å². The summed E-state index contributed by atoms with van der Waals surface area (Å²) in [5, 5.41) is 9.50. The minimum Gasteiger partial charge on any atom is -0.372 e. The number of hydrogen-bond acceptors (Lipinski definition) is 4. The van der Waals surface area contributed by atoms with Crippen molar-refractivity contribution in [2.45, 2.75) is 32.4 Å². The molecule has 0 bridgehead atoms. The molecule has 1 aromatic rings. The van der Waals surface area contributed by atoms with E-state index >= 15 is 0 Å². The van der Waals surface area contributed by atoms with Gasteiger partial charge in [0.05, 0.1) is 0 Å². The number of benzene rings is 1. The van der Waals surface area contributed by atoms with Gasteiger partial charge in [0.25, 0.3) is 5.91 Å². The van der Waals surface area contributed by atoms with Crippen LogP contribution < -0.4 is 0 Å². The summed E-state index contributed by atoms with van der Waals surface area (Å²) < 4.78 is 0. The van der Waals surface area contributed by atoms with Crippen molar-refractivity contribution in [1.29, 1.82) is 5.26 Å². The van der Waals surface area contributed by atoms with E-state index in [-0.39, 0.29) is 17.5 Å². The molecule has 2 rings (SSSR count). The van der Waals surface area contributed by atoms with Crippen LogP contribution in [0.1, 0.15) is 25.3 Å². The van der Waals surface area contributed by atoms with Gasteiger partial charge in [-0.05, 0) is 45.5 Å². The Hall–Kier alpha value is -2.32.